The van der Waals surface area contributed by atoms with Crippen LogP contribution in [-0.4, -0.2) is 10.8 Å². The Balaban J connectivity index is 1.48. The molecule has 4 aliphatic carbocycles. The summed E-state index contributed by atoms with van der Waals surface area (Å²) in [6.45, 7) is 4.96. The molecular weight excluding hydrogens is 318 g/mol. The maximum absolute atomic E-state index is 12.0. The minimum Gasteiger partial charge on any atom is -0.299 e. The van der Waals surface area contributed by atoms with E-state index in [4.69, 9.17) is 0 Å². The molecule has 0 aromatic carbocycles. The summed E-state index contributed by atoms with van der Waals surface area (Å²) in [5, 5.41) is 0. The quantitative estimate of drug-likeness (QED) is 0.618. The van der Waals surface area contributed by atoms with Crippen LogP contribution in [-0.2, 0) is 4.79 Å². The molecule has 26 heavy (non-hydrogen) atoms. The van der Waals surface area contributed by atoms with Crippen LogP contribution >= 0.6 is 0 Å². The summed E-state index contributed by atoms with van der Waals surface area (Å²) < 4.78 is 0. The van der Waals surface area contributed by atoms with Crippen molar-refractivity contribution in [2.45, 2.75) is 58.8 Å². The first-order valence-electron chi connectivity index (χ1n) is 10.3. The van der Waals surface area contributed by atoms with Gasteiger partial charge in [0.15, 0.2) is 0 Å². The monoisotopic (exact) mass is 347 g/mol. The lowest BCUT2D eigenvalue weighted by Crippen LogP contribution is -2.48. The lowest BCUT2D eigenvalue weighted by molar-refractivity contribution is -0.122. The van der Waals surface area contributed by atoms with Gasteiger partial charge in [0.1, 0.15) is 5.78 Å². The summed E-state index contributed by atoms with van der Waals surface area (Å²) in [6.07, 6.45) is 16.5. The van der Waals surface area contributed by atoms with Gasteiger partial charge in [0.05, 0.1) is 0 Å². The van der Waals surface area contributed by atoms with Gasteiger partial charge in [-0.05, 0) is 77.9 Å². The van der Waals surface area contributed by atoms with Gasteiger partial charge < -0.3 is 0 Å². The van der Waals surface area contributed by atoms with Crippen molar-refractivity contribution in [3.8, 4) is 0 Å². The maximum atomic E-state index is 12.0. The number of allylic oxidation sites excluding steroid dienone is 4. The van der Waals surface area contributed by atoms with Crippen LogP contribution < -0.4 is 0 Å². The molecule has 0 radical (unpaired) electrons. The highest BCUT2D eigenvalue weighted by atomic mass is 16.1. The number of rotatable bonds is 1. The molecule has 1 aromatic rings. The van der Waals surface area contributed by atoms with E-state index in [0.29, 0.717) is 11.2 Å². The average molecular weight is 348 g/mol. The van der Waals surface area contributed by atoms with Crippen molar-refractivity contribution in [2.24, 2.45) is 28.6 Å². The highest BCUT2D eigenvalue weighted by molar-refractivity contribution is 5.82. The molecule has 0 amide bonds. The van der Waals surface area contributed by atoms with Crippen molar-refractivity contribution in [1.29, 1.82) is 0 Å². The van der Waals surface area contributed by atoms with E-state index in [1.165, 1.54) is 42.4 Å². The molecule has 2 nitrogen and oxygen atoms in total. The van der Waals surface area contributed by atoms with Gasteiger partial charge in [-0.2, -0.15) is 0 Å². The standard InChI is InChI=1S/C24H29NO/c1-23-9-8-21-20(6-5-18-13-19(26)7-10-24(18,21)2)22(23)12-17(14-23)16-4-3-11-25-15-16/h3-5,11,14-15,20-22H,6-10,12-13H2,1-2H3. The second-order valence-corrected chi connectivity index (χ2v) is 9.63. The third-order valence-electron chi connectivity index (χ3n) is 8.35. The Kier molecular flexibility index (Phi) is 3.58. The Bertz CT molecular complexity index is 807. The van der Waals surface area contributed by atoms with E-state index >= 15 is 0 Å². The fourth-order valence-electron chi connectivity index (χ4n) is 6.84. The Morgan fingerprint density at radius 3 is 2.88 bits per heavy atom. The molecule has 2 heteroatoms. The highest BCUT2D eigenvalue weighted by Gasteiger charge is 2.55. The molecule has 5 unspecified atom stereocenters. The summed E-state index contributed by atoms with van der Waals surface area (Å²) >= 11 is 0. The zero-order chi connectivity index (χ0) is 17.9. The molecule has 136 valence electrons. The lowest BCUT2D eigenvalue weighted by atomic mass is 9.48. The van der Waals surface area contributed by atoms with Crippen molar-refractivity contribution >= 4 is 11.4 Å². The van der Waals surface area contributed by atoms with E-state index < -0.39 is 0 Å². The van der Waals surface area contributed by atoms with Crippen molar-refractivity contribution < 1.29 is 4.79 Å². The number of hydrogen-bond donors (Lipinski definition) is 0. The molecule has 0 spiro atoms. The van der Waals surface area contributed by atoms with E-state index in [9.17, 15) is 4.79 Å². The third kappa shape index (κ3) is 2.30. The SMILES string of the molecule is CC12C=C(c3cccnc3)CC1C1CC=C3CC(=O)CCC3(C)C1CC2. The number of ketones is 1. The Hall–Kier alpha value is -1.70. The third-order valence-corrected chi connectivity index (χ3v) is 8.35. The first-order chi connectivity index (χ1) is 12.5. The van der Waals surface area contributed by atoms with Crippen LogP contribution in [0.5, 0.6) is 0 Å². The number of pyridine rings is 1. The van der Waals surface area contributed by atoms with Gasteiger partial charge in [-0.15, -0.1) is 0 Å². The lowest BCUT2D eigenvalue weighted by Gasteiger charge is -2.56. The van der Waals surface area contributed by atoms with Gasteiger partial charge in [0, 0.05) is 25.2 Å². The molecule has 5 rings (SSSR count). The predicted octanol–water partition coefficient (Wildman–Crippen LogP) is 5.61. The summed E-state index contributed by atoms with van der Waals surface area (Å²) in [5.41, 5.74) is 4.89. The van der Waals surface area contributed by atoms with Crippen molar-refractivity contribution in [3.63, 3.8) is 0 Å². The van der Waals surface area contributed by atoms with E-state index in [-0.39, 0.29) is 5.41 Å². The van der Waals surface area contributed by atoms with Crippen molar-refractivity contribution in [2.75, 3.05) is 0 Å². The van der Waals surface area contributed by atoms with Gasteiger partial charge >= 0.3 is 0 Å². The molecule has 5 atom stereocenters. The molecule has 0 bridgehead atoms. The number of hydrogen-bond acceptors (Lipinski definition) is 2. The number of carbonyl (C=O) groups excluding carboxylic acids is 1. The number of nitrogens with zero attached hydrogens (tertiary/aromatic N) is 1. The molecular formula is C24H29NO. The second-order valence-electron chi connectivity index (χ2n) is 9.63. The molecule has 0 N–H and O–H groups in total. The van der Waals surface area contributed by atoms with Gasteiger partial charge in [-0.1, -0.05) is 37.6 Å². The Morgan fingerprint density at radius 1 is 1.19 bits per heavy atom. The molecule has 1 aromatic heterocycles. The zero-order valence-corrected chi connectivity index (χ0v) is 16.0. The fourth-order valence-corrected chi connectivity index (χ4v) is 6.84. The summed E-state index contributed by atoms with van der Waals surface area (Å²) in [4.78, 5) is 16.3. The molecule has 4 aliphatic rings. The van der Waals surface area contributed by atoms with Gasteiger partial charge in [-0.25, -0.2) is 0 Å². The molecule has 0 aliphatic heterocycles. The van der Waals surface area contributed by atoms with Gasteiger partial charge in [0.2, 0.25) is 0 Å². The first kappa shape index (κ1) is 16.5. The molecule has 0 saturated heterocycles. The number of aromatic nitrogens is 1. The minimum atomic E-state index is 0.273. The van der Waals surface area contributed by atoms with E-state index in [0.717, 1.165) is 37.0 Å². The topological polar surface area (TPSA) is 30.0 Å². The van der Waals surface area contributed by atoms with Crippen LogP contribution in [0, 0.1) is 28.6 Å². The van der Waals surface area contributed by atoms with E-state index in [2.05, 4.69) is 43.1 Å². The maximum Gasteiger partial charge on any atom is 0.136 e. The van der Waals surface area contributed by atoms with Crippen LogP contribution in [0.15, 0.2) is 42.3 Å². The molecule has 2 saturated carbocycles. The number of Topliss-reactive ketones (excluding diaryl/α,β-unsaturated/α-hetero) is 1. The first-order valence-corrected chi connectivity index (χ1v) is 10.3. The van der Waals surface area contributed by atoms with Crippen molar-refractivity contribution in [1.82, 2.24) is 4.98 Å². The number of carbonyl (C=O) groups is 1. The smallest absolute Gasteiger partial charge is 0.136 e. The highest BCUT2D eigenvalue weighted by Crippen LogP contribution is 2.64. The van der Waals surface area contributed by atoms with Crippen LogP contribution in [0.3, 0.4) is 0 Å². The Labute approximate surface area is 156 Å². The molecule has 1 heterocycles. The largest absolute Gasteiger partial charge is 0.299 e. The normalized spacial score (nSPS) is 41.6. The zero-order valence-electron chi connectivity index (χ0n) is 16.0. The van der Waals surface area contributed by atoms with Crippen LogP contribution in [0.25, 0.3) is 5.57 Å². The Morgan fingerprint density at radius 2 is 2.08 bits per heavy atom. The van der Waals surface area contributed by atoms with Crippen LogP contribution in [0.2, 0.25) is 0 Å². The molecule has 2 fully saturated rings. The summed E-state index contributed by atoms with van der Waals surface area (Å²) in [5.74, 6) is 2.72. The summed E-state index contributed by atoms with van der Waals surface area (Å²) in [6, 6.07) is 4.27. The minimum absolute atomic E-state index is 0.273. The van der Waals surface area contributed by atoms with E-state index in [1.54, 1.807) is 0 Å². The van der Waals surface area contributed by atoms with Crippen molar-refractivity contribution in [3.05, 3.63) is 47.8 Å². The van der Waals surface area contributed by atoms with E-state index in [1.807, 2.05) is 12.4 Å². The summed E-state index contributed by atoms with van der Waals surface area (Å²) in [7, 11) is 0. The average Bonchev–Trinajstić information content (AvgIpc) is 3.01. The number of fused-ring (bicyclic) bond motifs is 5. The van der Waals surface area contributed by atoms with Gasteiger partial charge in [0.25, 0.3) is 0 Å². The fraction of sp³-hybridized carbons (Fsp3) is 0.583. The second kappa shape index (κ2) is 5.65. The van der Waals surface area contributed by atoms with Crippen LogP contribution in [0.4, 0.5) is 0 Å². The predicted molar refractivity (Wildman–Crippen MR) is 104 cm³/mol. The van der Waals surface area contributed by atoms with Crippen LogP contribution in [0.1, 0.15) is 64.4 Å². The van der Waals surface area contributed by atoms with Gasteiger partial charge in [-0.3, -0.25) is 9.78 Å².